The van der Waals surface area contributed by atoms with Crippen molar-refractivity contribution in [2.75, 3.05) is 32.1 Å². The number of likely N-dealkylation sites (tertiary alicyclic amines) is 1. The van der Waals surface area contributed by atoms with Crippen LogP contribution in [0, 0.1) is 11.8 Å². The summed E-state index contributed by atoms with van der Waals surface area (Å²) >= 11 is 0. The van der Waals surface area contributed by atoms with Gasteiger partial charge in [0.1, 0.15) is 11.6 Å². The molecule has 0 N–H and O–H groups in total. The Balaban J connectivity index is 1.67. The molecule has 3 heterocycles. The van der Waals surface area contributed by atoms with Crippen LogP contribution in [0.5, 0.6) is 0 Å². The summed E-state index contributed by atoms with van der Waals surface area (Å²) in [6.45, 7) is 5.32. The molecule has 29 heavy (non-hydrogen) atoms. The molecule has 2 aromatic rings. The SMILES string of the molecule is CC(C)CC(=O)C1CCCN(C(=O)c2ccc(-c3ccc(N(C)C)nc3)nc2)C1. The predicted molar refractivity (Wildman–Crippen MR) is 115 cm³/mol. The van der Waals surface area contributed by atoms with Crippen LogP contribution in [0.3, 0.4) is 0 Å². The Morgan fingerprint density at radius 1 is 1.14 bits per heavy atom. The summed E-state index contributed by atoms with van der Waals surface area (Å²) in [5.41, 5.74) is 2.25. The number of pyridine rings is 2. The highest BCUT2D eigenvalue weighted by Gasteiger charge is 2.29. The number of amides is 1. The Bertz CT molecular complexity index is 844. The first-order chi connectivity index (χ1) is 13.8. The van der Waals surface area contributed by atoms with Gasteiger partial charge in [-0.1, -0.05) is 13.8 Å². The third-order valence-electron chi connectivity index (χ3n) is 5.29. The Morgan fingerprint density at radius 3 is 2.52 bits per heavy atom. The number of anilines is 1. The molecule has 2 aromatic heterocycles. The lowest BCUT2D eigenvalue weighted by Gasteiger charge is -2.32. The highest BCUT2D eigenvalue weighted by Crippen LogP contribution is 2.23. The van der Waals surface area contributed by atoms with Crippen LogP contribution in [0.2, 0.25) is 0 Å². The summed E-state index contributed by atoms with van der Waals surface area (Å²) in [6, 6.07) is 7.58. The molecule has 6 heteroatoms. The van der Waals surface area contributed by atoms with E-state index in [1.165, 1.54) is 0 Å². The minimum absolute atomic E-state index is 0.0383. The molecule has 0 aromatic carbocycles. The molecule has 1 fully saturated rings. The summed E-state index contributed by atoms with van der Waals surface area (Å²) in [7, 11) is 3.89. The van der Waals surface area contributed by atoms with Gasteiger partial charge in [0.15, 0.2) is 0 Å². The first kappa shape index (κ1) is 21.0. The van der Waals surface area contributed by atoms with Gasteiger partial charge in [0, 0.05) is 57.5 Å². The molecule has 3 rings (SSSR count). The van der Waals surface area contributed by atoms with Crippen LogP contribution < -0.4 is 4.90 Å². The maximum absolute atomic E-state index is 12.9. The lowest BCUT2D eigenvalue weighted by molar-refractivity contribution is -0.124. The van der Waals surface area contributed by atoms with Crippen molar-refractivity contribution in [1.29, 1.82) is 0 Å². The molecular weight excluding hydrogens is 364 g/mol. The van der Waals surface area contributed by atoms with Crippen molar-refractivity contribution in [3.05, 3.63) is 42.2 Å². The van der Waals surface area contributed by atoms with E-state index in [9.17, 15) is 9.59 Å². The molecule has 1 aliphatic heterocycles. The van der Waals surface area contributed by atoms with Crippen molar-refractivity contribution >= 4 is 17.5 Å². The zero-order chi connectivity index (χ0) is 21.0. The van der Waals surface area contributed by atoms with Crippen molar-refractivity contribution in [3.63, 3.8) is 0 Å². The topological polar surface area (TPSA) is 66.4 Å². The summed E-state index contributed by atoms with van der Waals surface area (Å²) < 4.78 is 0. The van der Waals surface area contributed by atoms with E-state index in [2.05, 4.69) is 23.8 Å². The van der Waals surface area contributed by atoms with Crippen molar-refractivity contribution in [1.82, 2.24) is 14.9 Å². The van der Waals surface area contributed by atoms with Gasteiger partial charge >= 0.3 is 0 Å². The second kappa shape index (κ2) is 9.16. The number of nitrogens with zero attached hydrogens (tertiary/aromatic N) is 4. The highest BCUT2D eigenvalue weighted by atomic mass is 16.2. The average Bonchev–Trinajstić information content (AvgIpc) is 2.73. The van der Waals surface area contributed by atoms with Crippen LogP contribution in [0.4, 0.5) is 5.82 Å². The first-order valence-corrected chi connectivity index (χ1v) is 10.3. The van der Waals surface area contributed by atoms with Gasteiger partial charge in [-0.2, -0.15) is 0 Å². The molecule has 1 saturated heterocycles. The minimum Gasteiger partial charge on any atom is -0.363 e. The number of carbonyl (C=O) groups excluding carboxylic acids is 2. The van der Waals surface area contributed by atoms with Crippen molar-refractivity contribution in [2.24, 2.45) is 11.8 Å². The third-order valence-corrected chi connectivity index (χ3v) is 5.29. The zero-order valence-electron chi connectivity index (χ0n) is 17.8. The number of piperidine rings is 1. The van der Waals surface area contributed by atoms with E-state index in [0.717, 1.165) is 29.9 Å². The Morgan fingerprint density at radius 2 is 1.93 bits per heavy atom. The van der Waals surface area contributed by atoms with Gasteiger partial charge in [0.05, 0.1) is 11.3 Å². The van der Waals surface area contributed by atoms with Gasteiger partial charge in [-0.05, 0) is 43.0 Å². The number of Topliss-reactive ketones (excluding diaryl/α,β-unsaturated/α-hetero) is 1. The standard InChI is InChI=1S/C23H30N4O2/c1-16(2)12-21(28)19-6-5-11-27(15-19)23(29)18-7-9-20(24-14-18)17-8-10-22(25-13-17)26(3)4/h7-10,13-14,16,19H,5-6,11-12,15H2,1-4H3. The van der Waals surface area contributed by atoms with E-state index in [1.54, 1.807) is 17.3 Å². The van der Waals surface area contributed by atoms with Crippen molar-refractivity contribution in [2.45, 2.75) is 33.1 Å². The lowest BCUT2D eigenvalue weighted by atomic mass is 9.89. The summed E-state index contributed by atoms with van der Waals surface area (Å²) in [4.78, 5) is 38.0. The molecular formula is C23H30N4O2. The van der Waals surface area contributed by atoms with Crippen LogP contribution in [-0.2, 0) is 4.79 Å². The van der Waals surface area contributed by atoms with Crippen LogP contribution in [0.15, 0.2) is 36.7 Å². The molecule has 1 aliphatic rings. The van der Waals surface area contributed by atoms with Crippen molar-refractivity contribution in [3.8, 4) is 11.3 Å². The number of aromatic nitrogens is 2. The third kappa shape index (κ3) is 5.19. The van der Waals surface area contributed by atoms with E-state index in [0.29, 0.717) is 31.0 Å². The van der Waals surface area contributed by atoms with Crippen LogP contribution >= 0.6 is 0 Å². The Hall–Kier alpha value is -2.76. The molecule has 0 aliphatic carbocycles. The molecule has 6 nitrogen and oxygen atoms in total. The highest BCUT2D eigenvalue weighted by molar-refractivity contribution is 5.94. The number of hydrogen-bond acceptors (Lipinski definition) is 5. The first-order valence-electron chi connectivity index (χ1n) is 10.3. The van der Waals surface area contributed by atoms with Crippen LogP contribution in [0.1, 0.15) is 43.5 Å². The molecule has 0 radical (unpaired) electrons. The van der Waals surface area contributed by atoms with Crippen LogP contribution in [-0.4, -0.2) is 53.7 Å². The molecule has 1 amide bonds. The normalized spacial score (nSPS) is 16.7. The predicted octanol–water partition coefficient (Wildman–Crippen LogP) is 3.68. The van der Waals surface area contributed by atoms with Gasteiger partial charge < -0.3 is 9.80 Å². The monoisotopic (exact) mass is 394 g/mol. The van der Waals surface area contributed by atoms with Gasteiger partial charge in [0.25, 0.3) is 5.91 Å². The van der Waals surface area contributed by atoms with Crippen LogP contribution in [0.25, 0.3) is 11.3 Å². The summed E-state index contributed by atoms with van der Waals surface area (Å²) in [5.74, 6) is 1.43. The van der Waals surface area contributed by atoms with Gasteiger partial charge in [0.2, 0.25) is 0 Å². The maximum Gasteiger partial charge on any atom is 0.255 e. The van der Waals surface area contributed by atoms with Crippen molar-refractivity contribution < 1.29 is 9.59 Å². The van der Waals surface area contributed by atoms with E-state index >= 15 is 0 Å². The molecule has 0 saturated carbocycles. The fourth-order valence-electron chi connectivity index (χ4n) is 3.67. The van der Waals surface area contributed by atoms with E-state index in [4.69, 9.17) is 0 Å². The summed E-state index contributed by atoms with van der Waals surface area (Å²) in [5, 5.41) is 0. The van der Waals surface area contributed by atoms with Gasteiger partial charge in [-0.3, -0.25) is 14.6 Å². The van der Waals surface area contributed by atoms with E-state index in [1.807, 2.05) is 43.3 Å². The maximum atomic E-state index is 12.9. The fraction of sp³-hybridized carbons (Fsp3) is 0.478. The largest absolute Gasteiger partial charge is 0.363 e. The lowest BCUT2D eigenvalue weighted by Crippen LogP contribution is -2.42. The van der Waals surface area contributed by atoms with E-state index in [-0.39, 0.29) is 17.6 Å². The van der Waals surface area contributed by atoms with E-state index < -0.39 is 0 Å². The second-order valence-corrected chi connectivity index (χ2v) is 8.39. The molecule has 1 unspecified atom stereocenters. The Kier molecular flexibility index (Phi) is 6.62. The average molecular weight is 395 g/mol. The molecule has 0 spiro atoms. The Labute approximate surface area is 173 Å². The number of carbonyl (C=O) groups is 2. The zero-order valence-corrected chi connectivity index (χ0v) is 17.8. The fourth-order valence-corrected chi connectivity index (χ4v) is 3.67. The smallest absolute Gasteiger partial charge is 0.255 e. The van der Waals surface area contributed by atoms with Gasteiger partial charge in [-0.15, -0.1) is 0 Å². The number of rotatable bonds is 6. The molecule has 0 bridgehead atoms. The quantitative estimate of drug-likeness (QED) is 0.748. The molecule has 1 atom stereocenters. The minimum atomic E-state index is -0.0489. The second-order valence-electron chi connectivity index (χ2n) is 8.39. The number of hydrogen-bond donors (Lipinski definition) is 0. The number of ketones is 1. The summed E-state index contributed by atoms with van der Waals surface area (Å²) in [6.07, 6.45) is 5.74. The molecule has 154 valence electrons. The van der Waals surface area contributed by atoms with Gasteiger partial charge in [-0.25, -0.2) is 4.98 Å².